The predicted octanol–water partition coefficient (Wildman–Crippen LogP) is 0.502. The molecule has 0 bridgehead atoms. The molecule has 18 heavy (non-hydrogen) atoms. The van der Waals surface area contributed by atoms with Gasteiger partial charge in [-0.25, -0.2) is 0 Å². The highest BCUT2D eigenvalue weighted by molar-refractivity contribution is 5.85. The smallest absolute Gasteiger partial charge is 0.239 e. The van der Waals surface area contributed by atoms with Crippen LogP contribution in [0.5, 0.6) is 0 Å². The Kier molecular flexibility index (Phi) is 5.14. The Hall–Kier alpha value is -1.10. The van der Waals surface area contributed by atoms with Crippen LogP contribution in [0.2, 0.25) is 0 Å². The number of nitrogens with zero attached hydrogens (tertiary/aromatic N) is 1. The van der Waals surface area contributed by atoms with Crippen LogP contribution in [0.25, 0.3) is 0 Å². The Bertz CT molecular complexity index is 315. The van der Waals surface area contributed by atoms with Gasteiger partial charge in [0, 0.05) is 25.6 Å². The van der Waals surface area contributed by atoms with Crippen LogP contribution in [-0.4, -0.2) is 47.9 Å². The van der Waals surface area contributed by atoms with Crippen molar-refractivity contribution in [2.45, 2.75) is 52.1 Å². The summed E-state index contributed by atoms with van der Waals surface area (Å²) in [6.45, 7) is 9.80. The minimum atomic E-state index is -0.571. The van der Waals surface area contributed by atoms with Crippen molar-refractivity contribution in [1.29, 1.82) is 0 Å². The van der Waals surface area contributed by atoms with Gasteiger partial charge in [0.1, 0.15) is 0 Å². The van der Waals surface area contributed by atoms with Gasteiger partial charge in [0.15, 0.2) is 0 Å². The first-order valence-electron chi connectivity index (χ1n) is 6.70. The van der Waals surface area contributed by atoms with Crippen LogP contribution in [-0.2, 0) is 9.59 Å². The van der Waals surface area contributed by atoms with E-state index in [0.717, 1.165) is 19.5 Å². The number of carbonyl (C=O) groups is 2. The zero-order valence-corrected chi connectivity index (χ0v) is 11.9. The number of likely N-dealkylation sites (N-methyl/N-ethyl adjacent to an activating group) is 1. The molecule has 1 saturated heterocycles. The molecule has 0 saturated carbocycles. The summed E-state index contributed by atoms with van der Waals surface area (Å²) in [6.07, 6.45) is 1.58. The lowest BCUT2D eigenvalue weighted by molar-refractivity contribution is -0.130. The zero-order valence-electron chi connectivity index (χ0n) is 11.9. The lowest BCUT2D eigenvalue weighted by Gasteiger charge is -2.28. The molecular weight excluding hydrogens is 230 g/mol. The van der Waals surface area contributed by atoms with Crippen molar-refractivity contribution in [3.63, 3.8) is 0 Å². The van der Waals surface area contributed by atoms with Crippen LogP contribution in [0.4, 0.5) is 0 Å². The van der Waals surface area contributed by atoms with Crippen LogP contribution in [0.3, 0.4) is 0 Å². The van der Waals surface area contributed by atoms with Crippen LogP contribution < -0.4 is 10.6 Å². The van der Waals surface area contributed by atoms with E-state index in [2.05, 4.69) is 10.6 Å². The number of carbonyl (C=O) groups excluding carboxylic acids is 2. The summed E-state index contributed by atoms with van der Waals surface area (Å²) in [5.74, 6) is 0.172. The first-order valence-corrected chi connectivity index (χ1v) is 6.70. The Morgan fingerprint density at radius 1 is 1.50 bits per heavy atom. The Labute approximate surface area is 109 Å². The molecule has 2 amide bonds. The fourth-order valence-corrected chi connectivity index (χ4v) is 2.20. The molecule has 0 aromatic heterocycles. The molecule has 104 valence electrons. The van der Waals surface area contributed by atoms with Gasteiger partial charge in [-0.2, -0.15) is 0 Å². The SMILES string of the molecule is CCNC(C)(C)C(=O)NC(C)CN1CCCC1=O. The average molecular weight is 255 g/mol. The fourth-order valence-electron chi connectivity index (χ4n) is 2.20. The van der Waals surface area contributed by atoms with E-state index >= 15 is 0 Å². The van der Waals surface area contributed by atoms with E-state index in [1.807, 2.05) is 32.6 Å². The number of likely N-dealkylation sites (tertiary alicyclic amines) is 1. The summed E-state index contributed by atoms with van der Waals surface area (Å²) in [4.78, 5) is 25.4. The second-order valence-corrected chi connectivity index (χ2v) is 5.47. The van der Waals surface area contributed by atoms with Crippen LogP contribution in [0.1, 0.15) is 40.5 Å². The third-order valence-corrected chi connectivity index (χ3v) is 3.23. The van der Waals surface area contributed by atoms with Gasteiger partial charge in [0.25, 0.3) is 0 Å². The van der Waals surface area contributed by atoms with Gasteiger partial charge < -0.3 is 15.5 Å². The van der Waals surface area contributed by atoms with E-state index < -0.39 is 5.54 Å². The molecular formula is C13H25N3O2. The summed E-state index contributed by atoms with van der Waals surface area (Å²) >= 11 is 0. The van der Waals surface area contributed by atoms with Gasteiger partial charge in [0.2, 0.25) is 11.8 Å². The molecule has 0 aromatic rings. The van der Waals surface area contributed by atoms with Crippen molar-refractivity contribution in [3.8, 4) is 0 Å². The molecule has 5 heteroatoms. The minimum Gasteiger partial charge on any atom is -0.350 e. The van der Waals surface area contributed by atoms with Crippen LogP contribution in [0.15, 0.2) is 0 Å². The number of rotatable bonds is 6. The summed E-state index contributed by atoms with van der Waals surface area (Å²) < 4.78 is 0. The normalized spacial score (nSPS) is 18.0. The molecule has 0 spiro atoms. The molecule has 1 rings (SSSR count). The van der Waals surface area contributed by atoms with Crippen molar-refractivity contribution >= 4 is 11.8 Å². The third-order valence-electron chi connectivity index (χ3n) is 3.23. The molecule has 0 aliphatic carbocycles. The molecule has 0 aromatic carbocycles. The van der Waals surface area contributed by atoms with Crippen molar-refractivity contribution in [2.24, 2.45) is 0 Å². The molecule has 2 N–H and O–H groups in total. The van der Waals surface area contributed by atoms with Crippen molar-refractivity contribution in [3.05, 3.63) is 0 Å². The van der Waals surface area contributed by atoms with Crippen molar-refractivity contribution in [1.82, 2.24) is 15.5 Å². The predicted molar refractivity (Wildman–Crippen MR) is 71.2 cm³/mol. The topological polar surface area (TPSA) is 61.4 Å². The van der Waals surface area contributed by atoms with E-state index in [0.29, 0.717) is 13.0 Å². The largest absolute Gasteiger partial charge is 0.350 e. The lowest BCUT2D eigenvalue weighted by Crippen LogP contribution is -2.56. The van der Waals surface area contributed by atoms with Gasteiger partial charge in [-0.3, -0.25) is 9.59 Å². The van der Waals surface area contributed by atoms with Crippen molar-refractivity contribution < 1.29 is 9.59 Å². The average Bonchev–Trinajstić information content (AvgIpc) is 2.64. The molecule has 5 nitrogen and oxygen atoms in total. The maximum atomic E-state index is 12.0. The fraction of sp³-hybridized carbons (Fsp3) is 0.846. The number of amides is 2. The van der Waals surface area contributed by atoms with Crippen LogP contribution in [0, 0.1) is 0 Å². The van der Waals surface area contributed by atoms with Gasteiger partial charge in [-0.15, -0.1) is 0 Å². The highest BCUT2D eigenvalue weighted by Crippen LogP contribution is 2.10. The summed E-state index contributed by atoms with van der Waals surface area (Å²) in [6, 6.07) is -0.0162. The van der Waals surface area contributed by atoms with Gasteiger partial charge in [-0.1, -0.05) is 6.92 Å². The molecule has 0 radical (unpaired) electrons. The zero-order chi connectivity index (χ0) is 13.8. The first-order chi connectivity index (χ1) is 8.36. The second kappa shape index (κ2) is 6.18. The Morgan fingerprint density at radius 3 is 2.67 bits per heavy atom. The molecule has 1 heterocycles. The lowest BCUT2D eigenvalue weighted by atomic mass is 10.0. The van der Waals surface area contributed by atoms with Crippen molar-refractivity contribution in [2.75, 3.05) is 19.6 Å². The van der Waals surface area contributed by atoms with Gasteiger partial charge in [0.05, 0.1) is 5.54 Å². The number of hydrogen-bond donors (Lipinski definition) is 2. The Morgan fingerprint density at radius 2 is 2.17 bits per heavy atom. The molecule has 1 atom stereocenters. The van der Waals surface area contributed by atoms with E-state index in [1.165, 1.54) is 0 Å². The summed E-state index contributed by atoms with van der Waals surface area (Å²) in [5, 5.41) is 6.09. The van der Waals surface area contributed by atoms with Gasteiger partial charge >= 0.3 is 0 Å². The quantitative estimate of drug-likeness (QED) is 0.726. The summed E-state index contributed by atoms with van der Waals surface area (Å²) in [7, 11) is 0. The van der Waals surface area contributed by atoms with E-state index in [-0.39, 0.29) is 17.9 Å². The molecule has 1 fully saturated rings. The monoisotopic (exact) mass is 255 g/mol. The number of hydrogen-bond acceptors (Lipinski definition) is 3. The number of nitrogens with one attached hydrogen (secondary N) is 2. The second-order valence-electron chi connectivity index (χ2n) is 5.47. The third kappa shape index (κ3) is 3.98. The van der Waals surface area contributed by atoms with Crippen LogP contribution >= 0.6 is 0 Å². The molecule has 1 unspecified atom stereocenters. The van der Waals surface area contributed by atoms with Gasteiger partial charge in [-0.05, 0) is 33.7 Å². The standard InChI is InChI=1S/C13H25N3O2/c1-5-14-13(3,4)12(18)15-10(2)9-16-8-6-7-11(16)17/h10,14H,5-9H2,1-4H3,(H,15,18). The first kappa shape index (κ1) is 15.0. The van der Waals surface area contributed by atoms with E-state index in [4.69, 9.17) is 0 Å². The maximum Gasteiger partial charge on any atom is 0.239 e. The maximum absolute atomic E-state index is 12.0. The highest BCUT2D eigenvalue weighted by atomic mass is 16.2. The minimum absolute atomic E-state index is 0.0162. The molecule has 1 aliphatic rings. The summed E-state index contributed by atoms with van der Waals surface area (Å²) in [5.41, 5.74) is -0.571. The van der Waals surface area contributed by atoms with E-state index in [1.54, 1.807) is 0 Å². The van der Waals surface area contributed by atoms with E-state index in [9.17, 15) is 9.59 Å². The Balaban J connectivity index is 2.42. The highest BCUT2D eigenvalue weighted by Gasteiger charge is 2.28. The molecule has 1 aliphatic heterocycles.